The molecule has 23 heavy (non-hydrogen) atoms. The number of aryl methyl sites for hydroxylation is 1. The highest BCUT2D eigenvalue weighted by molar-refractivity contribution is 7.89. The Morgan fingerprint density at radius 3 is 2.78 bits per heavy atom. The van der Waals surface area contributed by atoms with Crippen molar-refractivity contribution in [3.63, 3.8) is 0 Å². The van der Waals surface area contributed by atoms with Gasteiger partial charge in [-0.05, 0) is 49.7 Å². The minimum atomic E-state index is -3.48. The molecule has 0 saturated carbocycles. The largest absolute Gasteiger partial charge is 0.376 e. The van der Waals surface area contributed by atoms with Crippen LogP contribution in [0.2, 0.25) is 0 Å². The summed E-state index contributed by atoms with van der Waals surface area (Å²) in [6, 6.07) is 5.18. The summed E-state index contributed by atoms with van der Waals surface area (Å²) in [4.78, 5) is 0.273. The fraction of sp³-hybridized carbons (Fsp3) is 0.533. The monoisotopic (exact) mass is 357 g/mol. The van der Waals surface area contributed by atoms with E-state index >= 15 is 0 Å². The molecule has 1 heterocycles. The van der Waals surface area contributed by atoms with Crippen LogP contribution in [0.15, 0.2) is 23.1 Å². The lowest BCUT2D eigenvalue weighted by atomic mass is 10.2. The van der Waals surface area contributed by atoms with Crippen molar-refractivity contribution in [1.29, 1.82) is 0 Å². The Morgan fingerprint density at radius 2 is 2.17 bits per heavy atom. The zero-order valence-corrected chi connectivity index (χ0v) is 15.3. The standard InChI is InChI=1S/C15H23N3O3S2/c1-11-6-7-12(9-14(11)23(19,20)18(2)3)17-15(22)16-10-13-5-4-8-21-13/h6-7,9,13H,4-5,8,10H2,1-3H3,(H2,16,17,22). The zero-order valence-electron chi connectivity index (χ0n) is 13.6. The minimum absolute atomic E-state index is 0.192. The number of sulfonamides is 1. The molecule has 1 aromatic rings. The maximum Gasteiger partial charge on any atom is 0.242 e. The van der Waals surface area contributed by atoms with Crippen LogP contribution in [0.25, 0.3) is 0 Å². The maximum atomic E-state index is 12.3. The lowest BCUT2D eigenvalue weighted by Crippen LogP contribution is -2.34. The lowest BCUT2D eigenvalue weighted by molar-refractivity contribution is 0.114. The van der Waals surface area contributed by atoms with E-state index in [4.69, 9.17) is 17.0 Å². The van der Waals surface area contributed by atoms with Gasteiger partial charge in [-0.25, -0.2) is 12.7 Å². The summed E-state index contributed by atoms with van der Waals surface area (Å²) < 4.78 is 31.4. The SMILES string of the molecule is Cc1ccc(NC(=S)NCC2CCCO2)cc1S(=O)(=O)N(C)C. The number of hydrogen-bond acceptors (Lipinski definition) is 4. The molecule has 1 aromatic carbocycles. The minimum Gasteiger partial charge on any atom is -0.376 e. The topological polar surface area (TPSA) is 70.7 Å². The van der Waals surface area contributed by atoms with Gasteiger partial charge in [0.1, 0.15) is 0 Å². The molecule has 0 aliphatic carbocycles. The van der Waals surface area contributed by atoms with E-state index in [1.165, 1.54) is 18.4 Å². The Labute approximate surface area is 143 Å². The van der Waals surface area contributed by atoms with E-state index in [-0.39, 0.29) is 11.0 Å². The smallest absolute Gasteiger partial charge is 0.242 e. The Hall–Kier alpha value is -1.22. The fourth-order valence-electron chi connectivity index (χ4n) is 2.34. The van der Waals surface area contributed by atoms with E-state index in [2.05, 4.69) is 10.6 Å². The van der Waals surface area contributed by atoms with Crippen LogP contribution in [0.5, 0.6) is 0 Å². The second-order valence-corrected chi connectivity index (χ2v) is 8.27. The summed E-state index contributed by atoms with van der Waals surface area (Å²) in [5, 5.41) is 6.59. The predicted octanol–water partition coefficient (Wildman–Crippen LogP) is 1.71. The highest BCUT2D eigenvalue weighted by Gasteiger charge is 2.20. The molecule has 0 spiro atoms. The van der Waals surface area contributed by atoms with Crippen LogP contribution in [-0.2, 0) is 14.8 Å². The normalized spacial score (nSPS) is 18.2. The van der Waals surface area contributed by atoms with E-state index in [9.17, 15) is 8.42 Å². The van der Waals surface area contributed by atoms with Crippen molar-refractivity contribution in [2.45, 2.75) is 30.8 Å². The number of nitrogens with zero attached hydrogens (tertiary/aromatic N) is 1. The molecule has 0 radical (unpaired) electrons. The Kier molecular flexibility index (Phi) is 5.96. The molecule has 6 nitrogen and oxygen atoms in total. The first-order chi connectivity index (χ1) is 10.8. The highest BCUT2D eigenvalue weighted by Crippen LogP contribution is 2.22. The van der Waals surface area contributed by atoms with Crippen LogP contribution in [0.4, 0.5) is 5.69 Å². The summed E-state index contributed by atoms with van der Waals surface area (Å²) in [5.74, 6) is 0. The van der Waals surface area contributed by atoms with E-state index in [0.717, 1.165) is 19.4 Å². The van der Waals surface area contributed by atoms with Gasteiger partial charge in [-0.3, -0.25) is 0 Å². The molecule has 2 rings (SSSR count). The number of anilines is 1. The van der Waals surface area contributed by atoms with Gasteiger partial charge in [0.15, 0.2) is 5.11 Å². The van der Waals surface area contributed by atoms with Crippen LogP contribution in [0, 0.1) is 6.92 Å². The third-order valence-electron chi connectivity index (χ3n) is 3.72. The van der Waals surface area contributed by atoms with Gasteiger partial charge in [0.25, 0.3) is 0 Å². The Bertz CT molecular complexity index is 669. The molecule has 1 atom stereocenters. The van der Waals surface area contributed by atoms with Crippen molar-refractivity contribution in [3.8, 4) is 0 Å². The van der Waals surface area contributed by atoms with E-state index in [1.807, 2.05) is 6.07 Å². The van der Waals surface area contributed by atoms with Crippen molar-refractivity contribution >= 4 is 33.0 Å². The predicted molar refractivity (Wildman–Crippen MR) is 95.2 cm³/mol. The maximum absolute atomic E-state index is 12.3. The van der Waals surface area contributed by atoms with Crippen LogP contribution in [-0.4, -0.2) is 51.2 Å². The second kappa shape index (κ2) is 7.57. The van der Waals surface area contributed by atoms with Crippen molar-refractivity contribution in [3.05, 3.63) is 23.8 Å². The number of hydrogen-bond donors (Lipinski definition) is 2. The van der Waals surface area contributed by atoms with Crippen LogP contribution in [0.3, 0.4) is 0 Å². The summed E-state index contributed by atoms with van der Waals surface area (Å²) in [6.07, 6.45) is 2.30. The van der Waals surface area contributed by atoms with Gasteiger partial charge in [0.2, 0.25) is 10.0 Å². The van der Waals surface area contributed by atoms with Gasteiger partial charge < -0.3 is 15.4 Å². The molecule has 1 aliphatic rings. The molecule has 1 aliphatic heterocycles. The van der Waals surface area contributed by atoms with Gasteiger partial charge in [-0.2, -0.15) is 0 Å². The number of nitrogens with one attached hydrogen (secondary N) is 2. The average molecular weight is 358 g/mol. The van der Waals surface area contributed by atoms with Gasteiger partial charge in [0.05, 0.1) is 11.0 Å². The molecule has 1 saturated heterocycles. The van der Waals surface area contributed by atoms with Gasteiger partial charge in [-0.1, -0.05) is 6.07 Å². The lowest BCUT2D eigenvalue weighted by Gasteiger charge is -2.17. The van der Waals surface area contributed by atoms with Gasteiger partial charge in [-0.15, -0.1) is 0 Å². The first kappa shape index (κ1) is 18.1. The fourth-order valence-corrected chi connectivity index (χ4v) is 3.68. The van der Waals surface area contributed by atoms with E-state index < -0.39 is 10.0 Å². The molecule has 0 bridgehead atoms. The second-order valence-electron chi connectivity index (χ2n) is 5.74. The number of thiocarbonyl (C=S) groups is 1. The molecule has 1 fully saturated rings. The first-order valence-electron chi connectivity index (χ1n) is 7.50. The Balaban J connectivity index is 2.04. The molecule has 2 N–H and O–H groups in total. The Morgan fingerprint density at radius 1 is 1.43 bits per heavy atom. The summed E-state index contributed by atoms with van der Waals surface area (Å²) in [7, 11) is -0.449. The molecule has 8 heteroatoms. The van der Waals surface area contributed by atoms with Crippen molar-refractivity contribution in [2.24, 2.45) is 0 Å². The van der Waals surface area contributed by atoms with Crippen LogP contribution < -0.4 is 10.6 Å². The van der Waals surface area contributed by atoms with Crippen molar-refractivity contribution in [2.75, 3.05) is 32.6 Å². The molecule has 0 aromatic heterocycles. The number of benzene rings is 1. The first-order valence-corrected chi connectivity index (χ1v) is 9.35. The van der Waals surface area contributed by atoms with Crippen LogP contribution >= 0.6 is 12.2 Å². The zero-order chi connectivity index (χ0) is 17.0. The number of ether oxygens (including phenoxy) is 1. The van der Waals surface area contributed by atoms with E-state index in [1.54, 1.807) is 19.1 Å². The summed E-state index contributed by atoms with van der Waals surface area (Å²) in [5.41, 5.74) is 1.34. The number of rotatable bonds is 5. The van der Waals surface area contributed by atoms with Gasteiger partial charge >= 0.3 is 0 Å². The van der Waals surface area contributed by atoms with E-state index in [0.29, 0.717) is 22.9 Å². The van der Waals surface area contributed by atoms with Crippen LogP contribution in [0.1, 0.15) is 18.4 Å². The van der Waals surface area contributed by atoms with Gasteiger partial charge in [0, 0.05) is 32.9 Å². The average Bonchev–Trinajstić information content (AvgIpc) is 3.00. The quantitative estimate of drug-likeness (QED) is 0.782. The molecule has 128 valence electrons. The molecule has 1 unspecified atom stereocenters. The highest BCUT2D eigenvalue weighted by atomic mass is 32.2. The van der Waals surface area contributed by atoms with Crippen molar-refractivity contribution < 1.29 is 13.2 Å². The molecular weight excluding hydrogens is 334 g/mol. The molecular formula is C15H23N3O3S2. The summed E-state index contributed by atoms with van der Waals surface area (Å²) in [6.45, 7) is 3.23. The molecule has 0 amide bonds. The summed E-state index contributed by atoms with van der Waals surface area (Å²) >= 11 is 5.25. The third kappa shape index (κ3) is 4.63. The third-order valence-corrected chi connectivity index (χ3v) is 5.92. The van der Waals surface area contributed by atoms with Crippen molar-refractivity contribution in [1.82, 2.24) is 9.62 Å².